The molecule has 1 aromatic rings. The Hall–Kier alpha value is -1.55. The number of hydrogen-bond acceptors (Lipinski definition) is 4. The lowest BCUT2D eigenvalue weighted by Gasteiger charge is -2.29. The number of unbranched alkanes of at least 4 members (excludes halogenated alkanes) is 1. The normalized spacial score (nSPS) is 11.5. The highest BCUT2D eigenvalue weighted by molar-refractivity contribution is 5.68. The van der Waals surface area contributed by atoms with Gasteiger partial charge in [-0.15, -0.1) is 0 Å². The molecule has 0 radical (unpaired) electrons. The summed E-state index contributed by atoms with van der Waals surface area (Å²) < 4.78 is 10.1. The molecule has 0 aliphatic rings. The summed E-state index contributed by atoms with van der Waals surface area (Å²) in [4.78, 5) is 13.5. The molecule has 0 unspecified atom stereocenters. The number of nitrogens with zero attached hydrogens (tertiary/aromatic N) is 1. The zero-order chi connectivity index (χ0) is 18.4. The summed E-state index contributed by atoms with van der Waals surface area (Å²) >= 11 is 0. The van der Waals surface area contributed by atoms with Gasteiger partial charge in [-0.25, -0.2) is 0 Å². The lowest BCUT2D eigenvalue weighted by molar-refractivity contribution is -0.140. The fourth-order valence-electron chi connectivity index (χ4n) is 2.52. The van der Waals surface area contributed by atoms with Gasteiger partial charge in [0.15, 0.2) is 0 Å². The summed E-state index contributed by atoms with van der Waals surface area (Å²) in [5.74, 6) is 0.800. The van der Waals surface area contributed by atoms with Crippen LogP contribution in [0.3, 0.4) is 0 Å². The van der Waals surface area contributed by atoms with Gasteiger partial charge in [0.05, 0.1) is 14.2 Å². The first-order valence-electron chi connectivity index (χ1n) is 8.99. The zero-order valence-corrected chi connectivity index (χ0v) is 16.3. The van der Waals surface area contributed by atoms with Crippen molar-refractivity contribution in [2.24, 2.45) is 0 Å². The monoisotopic (exact) mass is 337 g/mol. The van der Waals surface area contributed by atoms with Crippen molar-refractivity contribution in [1.29, 1.82) is 0 Å². The lowest BCUT2D eigenvalue weighted by atomic mass is 10.0. The number of benzene rings is 1. The third-order valence-electron chi connectivity index (χ3n) is 3.85. The summed E-state index contributed by atoms with van der Waals surface area (Å²) in [6.07, 6.45) is 3.60. The first-order chi connectivity index (χ1) is 11.5. The fraction of sp³-hybridized carbons (Fsp3) is 0.650. The Kier molecular flexibility index (Phi) is 13.0. The number of methoxy groups -OCH3 is 2. The second-order valence-electron chi connectivity index (χ2n) is 5.79. The van der Waals surface area contributed by atoms with Crippen molar-refractivity contribution in [3.8, 4) is 5.75 Å². The number of para-hydroxylation sites is 1. The van der Waals surface area contributed by atoms with Crippen LogP contribution in [-0.4, -0.2) is 38.2 Å². The first kappa shape index (κ1) is 22.4. The molecule has 0 bridgehead atoms. The molecule has 24 heavy (non-hydrogen) atoms. The Balaban J connectivity index is 0.00000163. The minimum absolute atomic E-state index is 0.129. The molecular formula is C20H35NO3. The minimum Gasteiger partial charge on any atom is -0.496 e. The molecule has 0 heterocycles. The average Bonchev–Trinajstić information content (AvgIpc) is 2.61. The number of ether oxygens (including phenoxy) is 2. The molecule has 0 aliphatic heterocycles. The van der Waals surface area contributed by atoms with E-state index in [9.17, 15) is 4.79 Å². The molecule has 0 aromatic heterocycles. The number of carbonyl (C=O) groups is 1. The van der Waals surface area contributed by atoms with Gasteiger partial charge < -0.3 is 9.47 Å². The van der Waals surface area contributed by atoms with Crippen molar-refractivity contribution in [3.63, 3.8) is 0 Å². The lowest BCUT2D eigenvalue weighted by Crippen LogP contribution is -2.28. The van der Waals surface area contributed by atoms with Crippen LogP contribution in [0.4, 0.5) is 0 Å². The largest absolute Gasteiger partial charge is 0.496 e. The van der Waals surface area contributed by atoms with Gasteiger partial charge in [0.2, 0.25) is 0 Å². The van der Waals surface area contributed by atoms with E-state index in [1.165, 1.54) is 19.1 Å². The van der Waals surface area contributed by atoms with Gasteiger partial charge in [0, 0.05) is 18.0 Å². The molecule has 0 amide bonds. The van der Waals surface area contributed by atoms with Crippen LogP contribution >= 0.6 is 0 Å². The molecular weight excluding hydrogens is 302 g/mol. The van der Waals surface area contributed by atoms with Gasteiger partial charge in [-0.3, -0.25) is 9.69 Å². The highest BCUT2D eigenvalue weighted by atomic mass is 16.5. The second-order valence-corrected chi connectivity index (χ2v) is 5.79. The molecule has 138 valence electrons. The summed E-state index contributed by atoms with van der Waals surface area (Å²) in [5, 5.41) is 0. The predicted molar refractivity (Wildman–Crippen MR) is 100 cm³/mol. The Labute approximate surface area is 148 Å². The van der Waals surface area contributed by atoms with Crippen LogP contribution in [0.2, 0.25) is 0 Å². The van der Waals surface area contributed by atoms with E-state index in [1.54, 1.807) is 7.11 Å². The highest BCUT2D eigenvalue weighted by Crippen LogP contribution is 2.28. The molecule has 1 rings (SSSR count). The number of rotatable bonds is 9. The van der Waals surface area contributed by atoms with E-state index in [1.807, 2.05) is 18.2 Å². The smallest absolute Gasteiger partial charge is 0.305 e. The predicted octanol–water partition coefficient (Wildman–Crippen LogP) is 4.84. The first-order valence-corrected chi connectivity index (χ1v) is 8.99. The van der Waals surface area contributed by atoms with Gasteiger partial charge in [0.25, 0.3) is 0 Å². The van der Waals surface area contributed by atoms with Crippen molar-refractivity contribution in [1.82, 2.24) is 4.90 Å². The molecule has 4 nitrogen and oxygen atoms in total. The third-order valence-corrected chi connectivity index (χ3v) is 3.85. The zero-order valence-electron chi connectivity index (χ0n) is 16.3. The maximum Gasteiger partial charge on any atom is 0.305 e. The number of hydrogen-bond donors (Lipinski definition) is 0. The minimum atomic E-state index is -0.129. The standard InChI is InChI=1S/C17H27NO3.C3H8/c1-5-18(13-9-8-12-17(19)21-4)14(2)15-10-6-7-11-16(15)20-3;1-3-2/h6-7,10-11,14H,5,8-9,12-13H2,1-4H3;3H2,1-2H3/t14-;/m0./s1. The maximum atomic E-state index is 11.1. The van der Waals surface area contributed by atoms with Crippen molar-refractivity contribution < 1.29 is 14.3 Å². The summed E-state index contributed by atoms with van der Waals surface area (Å²) in [7, 11) is 3.14. The van der Waals surface area contributed by atoms with Crippen molar-refractivity contribution >= 4 is 5.97 Å². The Bertz CT molecular complexity index is 448. The molecule has 0 N–H and O–H groups in total. The van der Waals surface area contributed by atoms with Gasteiger partial charge in [-0.2, -0.15) is 0 Å². The van der Waals surface area contributed by atoms with Crippen LogP contribution in [0.15, 0.2) is 24.3 Å². The van der Waals surface area contributed by atoms with Crippen molar-refractivity contribution in [2.45, 2.75) is 59.4 Å². The molecule has 4 heteroatoms. The van der Waals surface area contributed by atoms with Gasteiger partial charge in [0.1, 0.15) is 5.75 Å². The molecule has 0 saturated carbocycles. The van der Waals surface area contributed by atoms with E-state index in [2.05, 4.69) is 43.4 Å². The van der Waals surface area contributed by atoms with Crippen molar-refractivity contribution in [2.75, 3.05) is 27.3 Å². The number of esters is 1. The van der Waals surface area contributed by atoms with Crippen molar-refractivity contribution in [3.05, 3.63) is 29.8 Å². The molecule has 1 aromatic carbocycles. The maximum absolute atomic E-state index is 11.1. The van der Waals surface area contributed by atoms with E-state index >= 15 is 0 Å². The summed E-state index contributed by atoms with van der Waals surface area (Å²) in [6, 6.07) is 8.43. The summed E-state index contributed by atoms with van der Waals surface area (Å²) in [5.41, 5.74) is 1.20. The molecule has 1 atom stereocenters. The Morgan fingerprint density at radius 2 is 1.75 bits per heavy atom. The quantitative estimate of drug-likeness (QED) is 0.477. The van der Waals surface area contributed by atoms with Crippen LogP contribution in [0.1, 0.15) is 65.0 Å². The van der Waals surface area contributed by atoms with Crippen LogP contribution in [0.5, 0.6) is 5.75 Å². The van der Waals surface area contributed by atoms with E-state index in [0.29, 0.717) is 12.5 Å². The number of carbonyl (C=O) groups excluding carboxylic acids is 1. The molecule has 0 aliphatic carbocycles. The van der Waals surface area contributed by atoms with E-state index < -0.39 is 0 Å². The van der Waals surface area contributed by atoms with Gasteiger partial charge in [-0.1, -0.05) is 45.4 Å². The van der Waals surface area contributed by atoms with E-state index in [0.717, 1.165) is 31.7 Å². The Morgan fingerprint density at radius 3 is 2.29 bits per heavy atom. The fourth-order valence-corrected chi connectivity index (χ4v) is 2.52. The van der Waals surface area contributed by atoms with Gasteiger partial charge >= 0.3 is 5.97 Å². The van der Waals surface area contributed by atoms with E-state index in [4.69, 9.17) is 4.74 Å². The van der Waals surface area contributed by atoms with Crippen LogP contribution in [0.25, 0.3) is 0 Å². The summed E-state index contributed by atoms with van der Waals surface area (Å²) in [6.45, 7) is 10.5. The molecule has 0 fully saturated rings. The van der Waals surface area contributed by atoms with Crippen LogP contribution in [0, 0.1) is 0 Å². The Morgan fingerprint density at radius 1 is 1.12 bits per heavy atom. The SMILES string of the molecule is CCC.CCN(CCCCC(=O)OC)[C@@H](C)c1ccccc1OC. The van der Waals surface area contributed by atoms with Gasteiger partial charge in [-0.05, 0) is 38.9 Å². The molecule has 0 spiro atoms. The average molecular weight is 338 g/mol. The van der Waals surface area contributed by atoms with Crippen LogP contribution in [-0.2, 0) is 9.53 Å². The highest BCUT2D eigenvalue weighted by Gasteiger charge is 2.17. The van der Waals surface area contributed by atoms with Crippen LogP contribution < -0.4 is 4.74 Å². The second kappa shape index (κ2) is 13.8. The third kappa shape index (κ3) is 8.34. The topological polar surface area (TPSA) is 38.8 Å². The van der Waals surface area contributed by atoms with E-state index in [-0.39, 0.29) is 5.97 Å². The molecule has 0 saturated heterocycles.